The zero-order chi connectivity index (χ0) is 20.2. The average molecular weight is 515 g/mol. The van der Waals surface area contributed by atoms with Crippen LogP contribution in [0.4, 0.5) is 0 Å². The van der Waals surface area contributed by atoms with Gasteiger partial charge in [-0.25, -0.2) is 4.99 Å². The molecule has 0 aliphatic heterocycles. The minimum absolute atomic E-state index is 0. The molecule has 0 saturated heterocycles. The standard InChI is InChI=1S/C21H29N3O4.HI/c1-5-22-21(23-11-12-28-17-9-7-6-8-10-17)24-15-16-13-19(26-3)20(27-4)14-18(16)25-2;/h6-10,13-14H,5,11-12,15H2,1-4H3,(H2,22,23,24);1H. The fraction of sp³-hybridized carbons (Fsp3) is 0.381. The van der Waals surface area contributed by atoms with Gasteiger partial charge in [0.05, 0.1) is 34.4 Å². The van der Waals surface area contributed by atoms with E-state index in [1.54, 1.807) is 27.4 Å². The van der Waals surface area contributed by atoms with Gasteiger partial charge < -0.3 is 29.6 Å². The summed E-state index contributed by atoms with van der Waals surface area (Å²) < 4.78 is 21.9. The van der Waals surface area contributed by atoms with Gasteiger partial charge >= 0.3 is 0 Å². The number of ether oxygens (including phenoxy) is 4. The lowest BCUT2D eigenvalue weighted by atomic mass is 10.1. The van der Waals surface area contributed by atoms with Crippen LogP contribution in [-0.2, 0) is 6.54 Å². The first-order valence-electron chi connectivity index (χ1n) is 9.20. The van der Waals surface area contributed by atoms with Crippen LogP contribution in [0.15, 0.2) is 47.5 Å². The van der Waals surface area contributed by atoms with Crippen molar-refractivity contribution >= 4 is 29.9 Å². The molecule has 8 heteroatoms. The lowest BCUT2D eigenvalue weighted by Gasteiger charge is -2.15. The second kappa shape index (κ2) is 13.8. The van der Waals surface area contributed by atoms with Crippen molar-refractivity contribution in [3.8, 4) is 23.0 Å². The highest BCUT2D eigenvalue weighted by molar-refractivity contribution is 14.0. The molecule has 0 fully saturated rings. The van der Waals surface area contributed by atoms with Gasteiger partial charge in [0, 0.05) is 18.2 Å². The third-order valence-corrected chi connectivity index (χ3v) is 3.94. The molecule has 0 bridgehead atoms. The van der Waals surface area contributed by atoms with Gasteiger partial charge in [0.15, 0.2) is 17.5 Å². The Bertz CT molecular complexity index is 757. The van der Waals surface area contributed by atoms with E-state index in [1.165, 1.54) is 0 Å². The molecule has 2 rings (SSSR count). The molecular formula is C21H30IN3O4. The maximum Gasteiger partial charge on any atom is 0.191 e. The fourth-order valence-corrected chi connectivity index (χ4v) is 2.58. The molecule has 0 aromatic heterocycles. The monoisotopic (exact) mass is 515 g/mol. The first-order chi connectivity index (χ1) is 13.7. The second-order valence-corrected chi connectivity index (χ2v) is 5.80. The Labute approximate surface area is 189 Å². The third-order valence-electron chi connectivity index (χ3n) is 3.94. The zero-order valence-electron chi connectivity index (χ0n) is 17.4. The number of benzene rings is 2. The van der Waals surface area contributed by atoms with E-state index in [0.29, 0.717) is 42.9 Å². The lowest BCUT2D eigenvalue weighted by Crippen LogP contribution is -2.39. The van der Waals surface area contributed by atoms with Crippen molar-refractivity contribution in [2.75, 3.05) is 41.0 Å². The number of hydrogen-bond acceptors (Lipinski definition) is 5. The number of methoxy groups -OCH3 is 3. The van der Waals surface area contributed by atoms with Crippen LogP contribution in [-0.4, -0.2) is 47.0 Å². The molecule has 0 amide bonds. The first-order valence-corrected chi connectivity index (χ1v) is 9.20. The average Bonchev–Trinajstić information content (AvgIpc) is 2.74. The van der Waals surface area contributed by atoms with Crippen LogP contribution >= 0.6 is 24.0 Å². The van der Waals surface area contributed by atoms with Gasteiger partial charge in [0.1, 0.15) is 18.1 Å². The van der Waals surface area contributed by atoms with Gasteiger partial charge in [-0.1, -0.05) is 18.2 Å². The van der Waals surface area contributed by atoms with Crippen LogP contribution in [0.5, 0.6) is 23.0 Å². The van der Waals surface area contributed by atoms with E-state index < -0.39 is 0 Å². The summed E-state index contributed by atoms with van der Waals surface area (Å²) >= 11 is 0. The van der Waals surface area contributed by atoms with Crippen molar-refractivity contribution in [3.05, 3.63) is 48.0 Å². The number of guanidine groups is 1. The van der Waals surface area contributed by atoms with E-state index in [1.807, 2.05) is 43.3 Å². The number of halogens is 1. The summed E-state index contributed by atoms with van der Waals surface area (Å²) in [4.78, 5) is 4.63. The molecule has 0 aliphatic carbocycles. The van der Waals surface area contributed by atoms with Crippen LogP contribution in [0.25, 0.3) is 0 Å². The summed E-state index contributed by atoms with van der Waals surface area (Å²) in [5, 5.41) is 6.49. The largest absolute Gasteiger partial charge is 0.496 e. The fourth-order valence-electron chi connectivity index (χ4n) is 2.58. The van der Waals surface area contributed by atoms with Crippen LogP contribution in [0.2, 0.25) is 0 Å². The Kier molecular flexibility index (Phi) is 11.7. The Morgan fingerprint density at radius 2 is 1.55 bits per heavy atom. The van der Waals surface area contributed by atoms with E-state index in [-0.39, 0.29) is 24.0 Å². The van der Waals surface area contributed by atoms with E-state index in [4.69, 9.17) is 18.9 Å². The number of nitrogens with one attached hydrogen (secondary N) is 2. The van der Waals surface area contributed by atoms with Gasteiger partial charge in [-0.3, -0.25) is 0 Å². The molecule has 2 N–H and O–H groups in total. The molecule has 0 saturated carbocycles. The van der Waals surface area contributed by atoms with E-state index in [2.05, 4.69) is 15.6 Å². The summed E-state index contributed by atoms with van der Waals surface area (Å²) in [7, 11) is 4.83. The highest BCUT2D eigenvalue weighted by Crippen LogP contribution is 2.34. The minimum Gasteiger partial charge on any atom is -0.496 e. The molecule has 7 nitrogen and oxygen atoms in total. The maximum absolute atomic E-state index is 5.69. The third kappa shape index (κ3) is 7.88. The molecule has 0 atom stereocenters. The molecule has 0 radical (unpaired) electrons. The molecular weight excluding hydrogens is 485 g/mol. The van der Waals surface area contributed by atoms with Crippen molar-refractivity contribution in [3.63, 3.8) is 0 Å². The number of aliphatic imine (C=N–C) groups is 1. The van der Waals surface area contributed by atoms with E-state index in [9.17, 15) is 0 Å². The Morgan fingerprint density at radius 1 is 0.897 bits per heavy atom. The van der Waals surface area contributed by atoms with Crippen molar-refractivity contribution in [1.82, 2.24) is 10.6 Å². The van der Waals surface area contributed by atoms with Crippen LogP contribution in [0, 0.1) is 0 Å². The number of para-hydroxylation sites is 1. The van der Waals surface area contributed by atoms with Crippen LogP contribution in [0.1, 0.15) is 12.5 Å². The second-order valence-electron chi connectivity index (χ2n) is 5.80. The smallest absolute Gasteiger partial charge is 0.191 e. The van der Waals surface area contributed by atoms with Crippen molar-refractivity contribution in [2.45, 2.75) is 13.5 Å². The van der Waals surface area contributed by atoms with Gasteiger partial charge in [0.2, 0.25) is 0 Å². The normalized spacial score (nSPS) is 10.6. The van der Waals surface area contributed by atoms with Crippen molar-refractivity contribution < 1.29 is 18.9 Å². The summed E-state index contributed by atoms with van der Waals surface area (Å²) in [6, 6.07) is 13.4. The molecule has 2 aromatic carbocycles. The molecule has 160 valence electrons. The van der Waals surface area contributed by atoms with E-state index in [0.717, 1.165) is 17.9 Å². The Balaban J connectivity index is 0.00000420. The summed E-state index contributed by atoms with van der Waals surface area (Å²) in [5.74, 6) is 3.51. The Morgan fingerprint density at radius 3 is 2.17 bits per heavy atom. The first kappa shape index (κ1) is 24.7. The molecule has 0 aliphatic rings. The van der Waals surface area contributed by atoms with Gasteiger partial charge in [-0.2, -0.15) is 0 Å². The summed E-state index contributed by atoms with van der Waals surface area (Å²) in [6.07, 6.45) is 0. The topological polar surface area (TPSA) is 73.3 Å². The summed E-state index contributed by atoms with van der Waals surface area (Å²) in [5.41, 5.74) is 0.901. The van der Waals surface area contributed by atoms with Gasteiger partial charge in [-0.05, 0) is 25.1 Å². The molecule has 0 spiro atoms. The molecule has 2 aromatic rings. The number of hydrogen-bond donors (Lipinski definition) is 2. The molecule has 29 heavy (non-hydrogen) atoms. The highest BCUT2D eigenvalue weighted by atomic mass is 127. The minimum atomic E-state index is 0. The summed E-state index contributed by atoms with van der Waals surface area (Å²) in [6.45, 7) is 4.37. The lowest BCUT2D eigenvalue weighted by molar-refractivity contribution is 0.322. The predicted molar refractivity (Wildman–Crippen MR) is 126 cm³/mol. The molecule has 0 heterocycles. The predicted octanol–water partition coefficient (Wildman–Crippen LogP) is 3.46. The van der Waals surface area contributed by atoms with Crippen LogP contribution < -0.4 is 29.6 Å². The molecule has 0 unspecified atom stereocenters. The van der Waals surface area contributed by atoms with Crippen molar-refractivity contribution in [1.29, 1.82) is 0 Å². The van der Waals surface area contributed by atoms with Gasteiger partial charge in [0.25, 0.3) is 0 Å². The SMILES string of the molecule is CCNC(=NCc1cc(OC)c(OC)cc1OC)NCCOc1ccccc1.I. The van der Waals surface area contributed by atoms with Crippen LogP contribution in [0.3, 0.4) is 0 Å². The Hall–Kier alpha value is -2.36. The van der Waals surface area contributed by atoms with Crippen molar-refractivity contribution in [2.24, 2.45) is 4.99 Å². The number of rotatable bonds is 10. The zero-order valence-corrected chi connectivity index (χ0v) is 19.7. The van der Waals surface area contributed by atoms with Gasteiger partial charge in [-0.15, -0.1) is 24.0 Å². The quantitative estimate of drug-likeness (QED) is 0.219. The maximum atomic E-state index is 5.69. The highest BCUT2D eigenvalue weighted by Gasteiger charge is 2.11. The van der Waals surface area contributed by atoms with E-state index >= 15 is 0 Å². The number of nitrogens with zero attached hydrogens (tertiary/aromatic N) is 1.